The summed E-state index contributed by atoms with van der Waals surface area (Å²) in [6.45, 7) is 1.36. The average molecular weight is 315 g/mol. The first-order valence-corrected chi connectivity index (χ1v) is 8.36. The number of aromatic amines is 1. The van der Waals surface area contributed by atoms with Gasteiger partial charge in [-0.1, -0.05) is 24.3 Å². The number of hydrogen-bond donors (Lipinski definition) is 1. The van der Waals surface area contributed by atoms with Crippen LogP contribution in [0.15, 0.2) is 53.7 Å². The van der Waals surface area contributed by atoms with E-state index in [0.717, 1.165) is 28.7 Å². The van der Waals surface area contributed by atoms with Crippen LogP contribution in [-0.4, -0.2) is 25.0 Å². The number of rotatable bonds is 6. The van der Waals surface area contributed by atoms with E-state index in [4.69, 9.17) is 9.47 Å². The summed E-state index contributed by atoms with van der Waals surface area (Å²) >= 11 is 1.70. The molecule has 0 unspecified atom stereocenters. The predicted molar refractivity (Wildman–Crippen MR) is 88.8 cm³/mol. The van der Waals surface area contributed by atoms with Gasteiger partial charge in [0.15, 0.2) is 22.5 Å². The molecule has 1 heterocycles. The van der Waals surface area contributed by atoms with Gasteiger partial charge in [0.2, 0.25) is 0 Å². The second-order valence-electron chi connectivity index (χ2n) is 4.80. The number of para-hydroxylation sites is 4. The third-order valence-corrected chi connectivity index (χ3v) is 4.23. The number of thioether (sulfide) groups is 1. The van der Waals surface area contributed by atoms with Crippen LogP contribution in [-0.2, 0) is 6.54 Å². The summed E-state index contributed by atoms with van der Waals surface area (Å²) in [5, 5.41) is 1.13. The first kappa shape index (κ1) is 14.8. The number of benzene rings is 2. The molecule has 1 N–H and O–H groups in total. The SMILES string of the molecule is COc1ccccc1OCC[n+]1c(SC)[nH]c2ccccc21. The molecule has 0 atom stereocenters. The summed E-state index contributed by atoms with van der Waals surface area (Å²) in [5.41, 5.74) is 2.33. The zero-order valence-electron chi connectivity index (χ0n) is 12.7. The Morgan fingerprint density at radius 2 is 1.77 bits per heavy atom. The molecule has 2 aromatic carbocycles. The molecule has 22 heavy (non-hydrogen) atoms. The summed E-state index contributed by atoms with van der Waals surface area (Å²) in [4.78, 5) is 3.43. The van der Waals surface area contributed by atoms with Crippen LogP contribution in [0.2, 0.25) is 0 Å². The summed E-state index contributed by atoms with van der Waals surface area (Å²) in [6.07, 6.45) is 2.07. The molecule has 0 aliphatic rings. The maximum atomic E-state index is 5.88. The fourth-order valence-corrected chi connectivity index (χ4v) is 3.10. The van der Waals surface area contributed by atoms with Crippen LogP contribution in [0.25, 0.3) is 11.0 Å². The molecular weight excluding hydrogens is 296 g/mol. The quantitative estimate of drug-likeness (QED) is 0.560. The third kappa shape index (κ3) is 2.90. The fourth-order valence-electron chi connectivity index (χ4n) is 2.47. The lowest BCUT2D eigenvalue weighted by Crippen LogP contribution is -2.37. The van der Waals surface area contributed by atoms with Gasteiger partial charge in [0.1, 0.15) is 13.2 Å². The lowest BCUT2D eigenvalue weighted by atomic mass is 10.3. The maximum absolute atomic E-state index is 5.88. The van der Waals surface area contributed by atoms with Gasteiger partial charge in [-0.2, -0.15) is 0 Å². The van der Waals surface area contributed by atoms with E-state index in [1.807, 2.05) is 30.3 Å². The number of H-pyrrole nitrogens is 1. The van der Waals surface area contributed by atoms with Crippen LogP contribution >= 0.6 is 11.8 Å². The van der Waals surface area contributed by atoms with Crippen molar-refractivity contribution in [1.82, 2.24) is 4.98 Å². The summed E-state index contributed by atoms with van der Waals surface area (Å²) in [6, 6.07) is 16.0. The second-order valence-corrected chi connectivity index (χ2v) is 5.60. The first-order chi connectivity index (χ1) is 10.8. The molecule has 0 aliphatic heterocycles. The van der Waals surface area contributed by atoms with Crippen LogP contribution in [0.4, 0.5) is 0 Å². The molecule has 0 saturated heterocycles. The Balaban J connectivity index is 1.76. The van der Waals surface area contributed by atoms with Crippen molar-refractivity contribution in [3.05, 3.63) is 48.5 Å². The Kier molecular flexibility index (Phi) is 4.53. The Morgan fingerprint density at radius 3 is 2.55 bits per heavy atom. The highest BCUT2D eigenvalue weighted by Gasteiger charge is 2.17. The Hall–Kier alpha value is -2.14. The van der Waals surface area contributed by atoms with Crippen molar-refractivity contribution in [3.63, 3.8) is 0 Å². The van der Waals surface area contributed by atoms with E-state index in [1.165, 1.54) is 5.52 Å². The van der Waals surface area contributed by atoms with Crippen molar-refractivity contribution in [2.75, 3.05) is 20.0 Å². The van der Waals surface area contributed by atoms with E-state index in [2.05, 4.69) is 34.0 Å². The zero-order chi connectivity index (χ0) is 15.4. The van der Waals surface area contributed by atoms with Crippen molar-refractivity contribution in [2.45, 2.75) is 11.7 Å². The van der Waals surface area contributed by atoms with Gasteiger partial charge in [-0.25, -0.2) is 9.55 Å². The van der Waals surface area contributed by atoms with Gasteiger partial charge < -0.3 is 9.47 Å². The van der Waals surface area contributed by atoms with E-state index in [1.54, 1.807) is 18.9 Å². The molecule has 0 bridgehead atoms. The molecule has 5 heteroatoms. The molecule has 0 spiro atoms. The van der Waals surface area contributed by atoms with E-state index in [-0.39, 0.29) is 0 Å². The van der Waals surface area contributed by atoms with Crippen molar-refractivity contribution >= 4 is 22.8 Å². The molecule has 3 rings (SSSR count). The molecule has 114 valence electrons. The van der Waals surface area contributed by atoms with Crippen LogP contribution in [0.1, 0.15) is 0 Å². The fraction of sp³-hybridized carbons (Fsp3) is 0.235. The zero-order valence-corrected chi connectivity index (χ0v) is 13.5. The molecule has 0 aliphatic carbocycles. The standard InChI is InChI=1S/C17H18N2O2S/c1-20-15-9-5-6-10-16(15)21-12-11-19-14-8-4-3-7-13(14)18-17(19)22-2/h3-10H,11-12H2,1-2H3/p+1. The van der Waals surface area contributed by atoms with Gasteiger partial charge in [0.05, 0.1) is 7.11 Å². The number of hydrogen-bond acceptors (Lipinski definition) is 3. The van der Waals surface area contributed by atoms with Gasteiger partial charge >= 0.3 is 5.16 Å². The van der Waals surface area contributed by atoms with E-state index >= 15 is 0 Å². The van der Waals surface area contributed by atoms with Crippen molar-refractivity contribution in [3.8, 4) is 11.5 Å². The van der Waals surface area contributed by atoms with Gasteiger partial charge in [-0.05, 0) is 42.3 Å². The second kappa shape index (κ2) is 6.75. The molecule has 4 nitrogen and oxygen atoms in total. The minimum Gasteiger partial charge on any atom is -0.493 e. The molecule has 0 amide bonds. The molecule has 0 saturated carbocycles. The number of aromatic nitrogens is 2. The molecule has 3 aromatic rings. The number of nitrogens with zero attached hydrogens (tertiary/aromatic N) is 1. The maximum Gasteiger partial charge on any atom is 0.316 e. The normalized spacial score (nSPS) is 10.8. The first-order valence-electron chi connectivity index (χ1n) is 7.14. The average Bonchev–Trinajstić information content (AvgIpc) is 2.93. The number of nitrogens with one attached hydrogen (secondary N) is 1. The highest BCUT2D eigenvalue weighted by Crippen LogP contribution is 2.25. The molecular formula is C17H19N2O2S+. The highest BCUT2D eigenvalue weighted by atomic mass is 32.2. The highest BCUT2D eigenvalue weighted by molar-refractivity contribution is 7.98. The van der Waals surface area contributed by atoms with Crippen LogP contribution in [0.5, 0.6) is 11.5 Å². The van der Waals surface area contributed by atoms with Crippen molar-refractivity contribution in [2.24, 2.45) is 0 Å². The largest absolute Gasteiger partial charge is 0.493 e. The molecule has 0 radical (unpaired) electrons. The number of methoxy groups -OCH3 is 1. The Bertz CT molecular complexity index is 770. The van der Waals surface area contributed by atoms with Gasteiger partial charge in [0.25, 0.3) is 0 Å². The lowest BCUT2D eigenvalue weighted by molar-refractivity contribution is -0.709. The van der Waals surface area contributed by atoms with Gasteiger partial charge in [0, 0.05) is 0 Å². The van der Waals surface area contributed by atoms with E-state index in [9.17, 15) is 0 Å². The van der Waals surface area contributed by atoms with Crippen LogP contribution in [0.3, 0.4) is 0 Å². The Labute approximate surface area is 134 Å². The van der Waals surface area contributed by atoms with Crippen LogP contribution < -0.4 is 14.0 Å². The molecule has 0 fully saturated rings. The van der Waals surface area contributed by atoms with E-state index in [0.29, 0.717) is 6.61 Å². The van der Waals surface area contributed by atoms with E-state index < -0.39 is 0 Å². The smallest absolute Gasteiger partial charge is 0.316 e. The minimum atomic E-state index is 0.584. The summed E-state index contributed by atoms with van der Waals surface area (Å²) in [5.74, 6) is 1.53. The topological polar surface area (TPSA) is 38.1 Å². The third-order valence-electron chi connectivity index (χ3n) is 3.52. The lowest BCUT2D eigenvalue weighted by Gasteiger charge is -2.09. The van der Waals surface area contributed by atoms with Gasteiger partial charge in [-0.3, -0.25) is 0 Å². The van der Waals surface area contributed by atoms with Crippen molar-refractivity contribution in [1.29, 1.82) is 0 Å². The number of imidazole rings is 1. The van der Waals surface area contributed by atoms with Gasteiger partial charge in [-0.15, -0.1) is 0 Å². The monoisotopic (exact) mass is 315 g/mol. The molecule has 1 aromatic heterocycles. The number of fused-ring (bicyclic) bond motifs is 1. The van der Waals surface area contributed by atoms with Crippen molar-refractivity contribution < 1.29 is 14.0 Å². The Morgan fingerprint density at radius 1 is 1.05 bits per heavy atom. The summed E-state index contributed by atoms with van der Waals surface area (Å²) in [7, 11) is 1.66. The van der Waals surface area contributed by atoms with Crippen LogP contribution in [0, 0.1) is 0 Å². The predicted octanol–water partition coefficient (Wildman–Crippen LogP) is 3.26. The minimum absolute atomic E-state index is 0.584. The summed E-state index contributed by atoms with van der Waals surface area (Å²) < 4.78 is 13.4. The number of ether oxygens (including phenoxy) is 2.